The number of piperazine rings is 1. The number of amides is 2. The first-order chi connectivity index (χ1) is 18.2. The van der Waals surface area contributed by atoms with Crippen molar-refractivity contribution in [3.8, 4) is 11.1 Å². The van der Waals surface area contributed by atoms with Gasteiger partial charge in [0.2, 0.25) is 5.95 Å². The van der Waals surface area contributed by atoms with E-state index < -0.39 is 0 Å². The zero-order valence-electron chi connectivity index (χ0n) is 20.5. The molecule has 0 N–H and O–H groups in total. The van der Waals surface area contributed by atoms with Gasteiger partial charge in [-0.2, -0.15) is 0 Å². The Morgan fingerprint density at radius 1 is 0.595 bits per heavy atom. The lowest BCUT2D eigenvalue weighted by atomic mass is 10.0. The van der Waals surface area contributed by atoms with Gasteiger partial charge < -0.3 is 4.90 Å². The minimum atomic E-state index is -0.227. The minimum Gasteiger partial charge on any atom is -0.338 e. The zero-order chi connectivity index (χ0) is 25.2. The van der Waals surface area contributed by atoms with Crippen LogP contribution < -0.4 is 4.90 Å². The number of carbonyl (C=O) groups is 2. The maximum absolute atomic E-state index is 12.6. The van der Waals surface area contributed by atoms with Gasteiger partial charge in [0.25, 0.3) is 11.8 Å². The van der Waals surface area contributed by atoms with Crippen LogP contribution in [0.5, 0.6) is 0 Å². The van der Waals surface area contributed by atoms with Gasteiger partial charge in [-0.3, -0.25) is 19.4 Å². The largest absolute Gasteiger partial charge is 0.338 e. The van der Waals surface area contributed by atoms with Crippen LogP contribution >= 0.6 is 0 Å². The molecule has 2 amide bonds. The summed E-state index contributed by atoms with van der Waals surface area (Å²) in [5.74, 6) is 0.353. The summed E-state index contributed by atoms with van der Waals surface area (Å²) in [6.07, 6.45) is 3.58. The summed E-state index contributed by atoms with van der Waals surface area (Å²) in [7, 11) is 0. The lowest BCUT2D eigenvalue weighted by Crippen LogP contribution is -2.46. The van der Waals surface area contributed by atoms with Crippen molar-refractivity contribution in [2.75, 3.05) is 31.1 Å². The van der Waals surface area contributed by atoms with Crippen molar-refractivity contribution >= 4 is 17.8 Å². The number of hydrogen-bond acceptors (Lipinski definition) is 6. The van der Waals surface area contributed by atoms with Crippen LogP contribution in [0.4, 0.5) is 5.95 Å². The molecule has 0 saturated carbocycles. The van der Waals surface area contributed by atoms with Crippen LogP contribution in [0.2, 0.25) is 0 Å². The molecule has 1 saturated heterocycles. The Bertz CT molecular complexity index is 1380. The van der Waals surface area contributed by atoms with Crippen LogP contribution in [-0.4, -0.2) is 57.8 Å². The average Bonchev–Trinajstić information content (AvgIpc) is 3.20. The van der Waals surface area contributed by atoms with Crippen molar-refractivity contribution in [1.82, 2.24) is 19.8 Å². The molecule has 0 bridgehead atoms. The molecule has 0 radical (unpaired) electrons. The van der Waals surface area contributed by atoms with Crippen LogP contribution in [-0.2, 0) is 13.1 Å². The summed E-state index contributed by atoms with van der Waals surface area (Å²) in [6.45, 7) is 5.01. The number of benzene rings is 3. The molecular weight excluding hydrogens is 462 g/mol. The summed E-state index contributed by atoms with van der Waals surface area (Å²) in [4.78, 5) is 40.0. The number of rotatable bonds is 6. The SMILES string of the molecule is O=C1c2ccccc2C(=O)N1Cc1ccc(-c2ccc(CN3CCN(c4ncccn4)CC3)cc2)cc1. The number of aromatic nitrogens is 2. The van der Waals surface area contributed by atoms with E-state index in [4.69, 9.17) is 0 Å². The van der Waals surface area contributed by atoms with Gasteiger partial charge in [0, 0.05) is 45.1 Å². The highest BCUT2D eigenvalue weighted by Crippen LogP contribution is 2.26. The predicted octanol–water partition coefficient (Wildman–Crippen LogP) is 4.26. The van der Waals surface area contributed by atoms with Crippen LogP contribution in [0.15, 0.2) is 91.3 Å². The quantitative estimate of drug-likeness (QED) is 0.377. The molecule has 2 aliphatic heterocycles. The Morgan fingerprint density at radius 2 is 1.11 bits per heavy atom. The van der Waals surface area contributed by atoms with Crippen molar-refractivity contribution in [1.29, 1.82) is 0 Å². The number of nitrogens with zero attached hydrogens (tertiary/aromatic N) is 5. The number of fused-ring (bicyclic) bond motifs is 1. The molecule has 4 aromatic rings. The average molecular weight is 490 g/mol. The molecule has 37 heavy (non-hydrogen) atoms. The van der Waals surface area contributed by atoms with Crippen LogP contribution in [0.1, 0.15) is 31.8 Å². The van der Waals surface area contributed by atoms with E-state index in [-0.39, 0.29) is 18.4 Å². The fourth-order valence-electron chi connectivity index (χ4n) is 4.99. The smallest absolute Gasteiger partial charge is 0.261 e. The third kappa shape index (κ3) is 4.73. The van der Waals surface area contributed by atoms with E-state index in [0.29, 0.717) is 11.1 Å². The lowest BCUT2D eigenvalue weighted by Gasteiger charge is -2.34. The van der Waals surface area contributed by atoms with Gasteiger partial charge in [-0.05, 0) is 40.5 Å². The standard InChI is InChI=1S/C30H27N5O2/c36-28-26-4-1-2-5-27(26)29(37)35(28)21-23-8-12-25(13-9-23)24-10-6-22(7-11-24)20-33-16-18-34(19-17-33)30-31-14-3-15-32-30/h1-15H,16-21H2. The fraction of sp³-hybridized carbons (Fsp3) is 0.200. The summed E-state index contributed by atoms with van der Waals surface area (Å²) in [5.41, 5.74) is 5.43. The van der Waals surface area contributed by atoms with Crippen LogP contribution in [0, 0.1) is 0 Å². The third-order valence-electron chi connectivity index (χ3n) is 7.07. The second-order valence-electron chi connectivity index (χ2n) is 9.45. The van der Waals surface area contributed by atoms with E-state index in [1.54, 1.807) is 36.7 Å². The molecule has 184 valence electrons. The Morgan fingerprint density at radius 3 is 1.65 bits per heavy atom. The van der Waals surface area contributed by atoms with Crippen molar-refractivity contribution in [2.24, 2.45) is 0 Å². The lowest BCUT2D eigenvalue weighted by molar-refractivity contribution is 0.0642. The normalized spacial score (nSPS) is 15.8. The molecule has 3 heterocycles. The molecule has 0 aliphatic carbocycles. The van der Waals surface area contributed by atoms with Gasteiger partial charge in [-0.1, -0.05) is 60.7 Å². The van der Waals surface area contributed by atoms with Crippen molar-refractivity contribution in [3.05, 3.63) is 114 Å². The molecule has 7 heteroatoms. The highest BCUT2D eigenvalue weighted by Gasteiger charge is 2.34. The van der Waals surface area contributed by atoms with E-state index in [0.717, 1.165) is 55.4 Å². The van der Waals surface area contributed by atoms with Crippen LogP contribution in [0.25, 0.3) is 11.1 Å². The molecule has 6 rings (SSSR count). The minimum absolute atomic E-state index is 0.227. The number of anilines is 1. The van der Waals surface area contributed by atoms with E-state index in [1.165, 1.54) is 10.5 Å². The maximum Gasteiger partial charge on any atom is 0.261 e. The molecule has 1 fully saturated rings. The van der Waals surface area contributed by atoms with E-state index in [2.05, 4.69) is 44.0 Å². The van der Waals surface area contributed by atoms with Crippen molar-refractivity contribution in [2.45, 2.75) is 13.1 Å². The highest BCUT2D eigenvalue weighted by molar-refractivity contribution is 6.21. The second kappa shape index (κ2) is 9.95. The van der Waals surface area contributed by atoms with Crippen molar-refractivity contribution in [3.63, 3.8) is 0 Å². The van der Waals surface area contributed by atoms with E-state index in [9.17, 15) is 9.59 Å². The molecule has 1 aromatic heterocycles. The van der Waals surface area contributed by atoms with Gasteiger partial charge in [0.1, 0.15) is 0 Å². The van der Waals surface area contributed by atoms with Gasteiger partial charge >= 0.3 is 0 Å². The Balaban J connectivity index is 1.05. The van der Waals surface area contributed by atoms with Gasteiger partial charge in [0.15, 0.2) is 0 Å². The Kier molecular flexibility index (Phi) is 6.20. The summed E-state index contributed by atoms with van der Waals surface area (Å²) in [5, 5.41) is 0. The summed E-state index contributed by atoms with van der Waals surface area (Å²) >= 11 is 0. The molecule has 0 spiro atoms. The zero-order valence-corrected chi connectivity index (χ0v) is 20.5. The van der Waals surface area contributed by atoms with Gasteiger partial charge in [-0.25, -0.2) is 9.97 Å². The molecule has 0 unspecified atom stereocenters. The number of imide groups is 1. The monoisotopic (exact) mass is 489 g/mol. The van der Waals surface area contributed by atoms with Crippen molar-refractivity contribution < 1.29 is 9.59 Å². The molecule has 7 nitrogen and oxygen atoms in total. The van der Waals surface area contributed by atoms with Gasteiger partial charge in [0.05, 0.1) is 17.7 Å². The molecular formula is C30H27N5O2. The Hall–Kier alpha value is -4.36. The first kappa shape index (κ1) is 23.1. The highest BCUT2D eigenvalue weighted by atomic mass is 16.2. The molecule has 2 aliphatic rings. The Labute approximate surface area is 216 Å². The first-order valence-corrected chi connectivity index (χ1v) is 12.5. The topological polar surface area (TPSA) is 69.6 Å². The summed E-state index contributed by atoms with van der Waals surface area (Å²) < 4.78 is 0. The van der Waals surface area contributed by atoms with E-state index in [1.807, 2.05) is 30.3 Å². The third-order valence-corrected chi connectivity index (χ3v) is 7.07. The predicted molar refractivity (Wildman–Crippen MR) is 142 cm³/mol. The van der Waals surface area contributed by atoms with E-state index >= 15 is 0 Å². The van der Waals surface area contributed by atoms with Crippen LogP contribution in [0.3, 0.4) is 0 Å². The van der Waals surface area contributed by atoms with Gasteiger partial charge in [-0.15, -0.1) is 0 Å². The first-order valence-electron chi connectivity index (χ1n) is 12.5. The molecule has 0 atom stereocenters. The number of carbonyl (C=O) groups excluding carboxylic acids is 2. The summed E-state index contributed by atoms with van der Waals surface area (Å²) in [6, 6.07) is 25.6. The number of hydrogen-bond donors (Lipinski definition) is 0. The maximum atomic E-state index is 12.6. The fourth-order valence-corrected chi connectivity index (χ4v) is 4.99. The molecule has 3 aromatic carbocycles. The second-order valence-corrected chi connectivity index (χ2v) is 9.45.